The SMILES string of the molecule is CNCc1ccccc1OC(=O)C1CC1. The molecule has 0 heterocycles. The minimum absolute atomic E-state index is 0.0847. The van der Waals surface area contributed by atoms with Gasteiger partial charge in [-0.15, -0.1) is 0 Å². The van der Waals surface area contributed by atoms with Crippen LogP contribution in [0.1, 0.15) is 18.4 Å². The van der Waals surface area contributed by atoms with Crippen LogP contribution in [0, 0.1) is 5.92 Å². The van der Waals surface area contributed by atoms with Crippen LogP contribution in [-0.4, -0.2) is 13.0 Å². The second-order valence-electron chi connectivity index (χ2n) is 3.83. The largest absolute Gasteiger partial charge is 0.426 e. The number of carbonyl (C=O) groups is 1. The van der Waals surface area contributed by atoms with E-state index in [-0.39, 0.29) is 11.9 Å². The summed E-state index contributed by atoms with van der Waals surface area (Å²) in [6, 6.07) is 7.63. The Balaban J connectivity index is 2.08. The molecule has 1 aliphatic carbocycles. The lowest BCUT2D eigenvalue weighted by Gasteiger charge is -2.08. The van der Waals surface area contributed by atoms with Gasteiger partial charge in [0.15, 0.2) is 0 Å². The van der Waals surface area contributed by atoms with Crippen molar-refractivity contribution < 1.29 is 9.53 Å². The average molecular weight is 205 g/mol. The number of ether oxygens (including phenoxy) is 1. The number of para-hydroxylation sites is 1. The van der Waals surface area contributed by atoms with Crippen LogP contribution in [0.2, 0.25) is 0 Å². The van der Waals surface area contributed by atoms with Gasteiger partial charge >= 0.3 is 5.97 Å². The molecule has 0 atom stereocenters. The highest BCUT2D eigenvalue weighted by Crippen LogP contribution is 2.31. The first-order valence-electron chi connectivity index (χ1n) is 5.25. The van der Waals surface area contributed by atoms with Crippen LogP contribution in [-0.2, 0) is 11.3 Å². The number of rotatable bonds is 4. The Morgan fingerprint density at radius 3 is 2.87 bits per heavy atom. The fourth-order valence-corrected chi connectivity index (χ4v) is 1.45. The van der Waals surface area contributed by atoms with E-state index < -0.39 is 0 Å². The third-order valence-corrected chi connectivity index (χ3v) is 2.46. The fourth-order valence-electron chi connectivity index (χ4n) is 1.45. The Bertz CT molecular complexity index is 358. The van der Waals surface area contributed by atoms with Crippen LogP contribution in [0.5, 0.6) is 5.75 Å². The maximum Gasteiger partial charge on any atom is 0.314 e. The van der Waals surface area contributed by atoms with Gasteiger partial charge in [-0.25, -0.2) is 0 Å². The third-order valence-electron chi connectivity index (χ3n) is 2.46. The van der Waals surface area contributed by atoms with Gasteiger partial charge in [0.25, 0.3) is 0 Å². The van der Waals surface area contributed by atoms with E-state index in [2.05, 4.69) is 5.32 Å². The van der Waals surface area contributed by atoms with Crippen molar-refractivity contribution in [3.05, 3.63) is 29.8 Å². The molecule has 1 aromatic carbocycles. The van der Waals surface area contributed by atoms with Gasteiger partial charge in [0.05, 0.1) is 5.92 Å². The molecule has 3 heteroatoms. The maximum absolute atomic E-state index is 11.5. The van der Waals surface area contributed by atoms with Crippen molar-refractivity contribution >= 4 is 5.97 Å². The molecule has 0 amide bonds. The number of carbonyl (C=O) groups excluding carboxylic acids is 1. The van der Waals surface area contributed by atoms with Gasteiger partial charge in [-0.3, -0.25) is 4.79 Å². The van der Waals surface area contributed by atoms with Gasteiger partial charge < -0.3 is 10.1 Å². The average Bonchev–Trinajstić information content (AvgIpc) is 3.04. The van der Waals surface area contributed by atoms with Crippen LogP contribution in [0.15, 0.2) is 24.3 Å². The summed E-state index contributed by atoms with van der Waals surface area (Å²) in [5.74, 6) is 0.745. The molecular formula is C12H15NO2. The molecule has 1 N–H and O–H groups in total. The van der Waals surface area contributed by atoms with E-state index in [0.717, 1.165) is 18.4 Å². The molecule has 0 spiro atoms. The highest BCUT2D eigenvalue weighted by molar-refractivity contribution is 5.77. The standard InChI is InChI=1S/C12H15NO2/c1-13-8-10-4-2-3-5-11(10)15-12(14)9-6-7-9/h2-5,9,13H,6-8H2,1H3. The smallest absolute Gasteiger partial charge is 0.314 e. The summed E-state index contributed by atoms with van der Waals surface area (Å²) in [6.07, 6.45) is 1.96. The Labute approximate surface area is 89.4 Å². The van der Waals surface area contributed by atoms with E-state index in [9.17, 15) is 4.79 Å². The van der Waals surface area contributed by atoms with Crippen molar-refractivity contribution in [2.45, 2.75) is 19.4 Å². The molecule has 2 rings (SSSR count). The van der Waals surface area contributed by atoms with Gasteiger partial charge in [-0.1, -0.05) is 18.2 Å². The number of hydrogen-bond donors (Lipinski definition) is 1. The van der Waals surface area contributed by atoms with Crippen molar-refractivity contribution in [1.29, 1.82) is 0 Å². The molecule has 0 unspecified atom stereocenters. The molecule has 0 bridgehead atoms. The van der Waals surface area contributed by atoms with Gasteiger partial charge in [0.2, 0.25) is 0 Å². The van der Waals surface area contributed by atoms with Crippen molar-refractivity contribution in [3.63, 3.8) is 0 Å². The Morgan fingerprint density at radius 1 is 1.47 bits per heavy atom. The molecule has 0 aromatic heterocycles. The Morgan fingerprint density at radius 2 is 2.20 bits per heavy atom. The molecule has 3 nitrogen and oxygen atoms in total. The molecular weight excluding hydrogens is 190 g/mol. The lowest BCUT2D eigenvalue weighted by atomic mass is 10.2. The quantitative estimate of drug-likeness (QED) is 0.601. The van der Waals surface area contributed by atoms with Gasteiger partial charge in [0, 0.05) is 12.1 Å². The summed E-state index contributed by atoms with van der Waals surface area (Å²) >= 11 is 0. The van der Waals surface area contributed by atoms with Crippen LogP contribution in [0.25, 0.3) is 0 Å². The van der Waals surface area contributed by atoms with E-state index in [1.54, 1.807) is 0 Å². The highest BCUT2D eigenvalue weighted by atomic mass is 16.5. The number of hydrogen-bond acceptors (Lipinski definition) is 3. The van der Waals surface area contributed by atoms with Crippen molar-refractivity contribution in [2.24, 2.45) is 5.92 Å². The van der Waals surface area contributed by atoms with E-state index in [1.165, 1.54) is 0 Å². The van der Waals surface area contributed by atoms with Crippen LogP contribution < -0.4 is 10.1 Å². The van der Waals surface area contributed by atoms with Gasteiger partial charge in [-0.05, 0) is 26.0 Å². The number of benzene rings is 1. The molecule has 0 aliphatic heterocycles. The molecule has 0 radical (unpaired) electrons. The summed E-state index contributed by atoms with van der Waals surface area (Å²) in [5.41, 5.74) is 1.02. The van der Waals surface area contributed by atoms with E-state index in [0.29, 0.717) is 12.3 Å². The highest BCUT2D eigenvalue weighted by Gasteiger charge is 2.31. The molecule has 80 valence electrons. The van der Waals surface area contributed by atoms with E-state index in [4.69, 9.17) is 4.74 Å². The number of nitrogens with one attached hydrogen (secondary N) is 1. The monoisotopic (exact) mass is 205 g/mol. The summed E-state index contributed by atoms with van der Waals surface area (Å²) in [6.45, 7) is 0.716. The number of esters is 1. The molecule has 1 aromatic rings. The minimum atomic E-state index is -0.0847. The van der Waals surface area contributed by atoms with Crippen LogP contribution in [0.4, 0.5) is 0 Å². The zero-order valence-electron chi connectivity index (χ0n) is 8.82. The first kappa shape index (κ1) is 10.2. The second-order valence-corrected chi connectivity index (χ2v) is 3.83. The lowest BCUT2D eigenvalue weighted by Crippen LogP contribution is -2.13. The third kappa shape index (κ3) is 2.57. The van der Waals surface area contributed by atoms with Crippen molar-refractivity contribution in [2.75, 3.05) is 7.05 Å². The van der Waals surface area contributed by atoms with Crippen molar-refractivity contribution in [3.8, 4) is 5.75 Å². The van der Waals surface area contributed by atoms with Gasteiger partial charge in [0.1, 0.15) is 5.75 Å². The summed E-state index contributed by atoms with van der Waals surface area (Å²) in [5, 5.41) is 3.05. The first-order valence-corrected chi connectivity index (χ1v) is 5.25. The zero-order chi connectivity index (χ0) is 10.7. The minimum Gasteiger partial charge on any atom is -0.426 e. The van der Waals surface area contributed by atoms with Gasteiger partial charge in [-0.2, -0.15) is 0 Å². The van der Waals surface area contributed by atoms with Crippen LogP contribution in [0.3, 0.4) is 0 Å². The van der Waals surface area contributed by atoms with Crippen LogP contribution >= 0.6 is 0 Å². The molecule has 1 aliphatic rings. The van der Waals surface area contributed by atoms with Crippen molar-refractivity contribution in [1.82, 2.24) is 5.32 Å². The Kier molecular flexibility index (Phi) is 3.02. The summed E-state index contributed by atoms with van der Waals surface area (Å²) in [4.78, 5) is 11.5. The van der Waals surface area contributed by atoms with E-state index >= 15 is 0 Å². The lowest BCUT2D eigenvalue weighted by molar-refractivity contribution is -0.135. The first-order chi connectivity index (χ1) is 7.31. The fraction of sp³-hybridized carbons (Fsp3) is 0.417. The molecule has 0 saturated heterocycles. The topological polar surface area (TPSA) is 38.3 Å². The zero-order valence-corrected chi connectivity index (χ0v) is 8.82. The molecule has 1 fully saturated rings. The predicted molar refractivity (Wildman–Crippen MR) is 57.6 cm³/mol. The molecule has 15 heavy (non-hydrogen) atoms. The molecule has 1 saturated carbocycles. The second kappa shape index (κ2) is 4.45. The van der Waals surface area contributed by atoms with E-state index in [1.807, 2.05) is 31.3 Å². The maximum atomic E-state index is 11.5. The summed E-state index contributed by atoms with van der Waals surface area (Å²) < 4.78 is 5.34. The Hall–Kier alpha value is -1.35. The predicted octanol–water partition coefficient (Wildman–Crippen LogP) is 1.72. The normalized spacial score (nSPS) is 15.0. The summed E-state index contributed by atoms with van der Waals surface area (Å²) in [7, 11) is 1.87.